The number of rotatable bonds is 10. The fourth-order valence-corrected chi connectivity index (χ4v) is 3.99. The lowest BCUT2D eigenvalue weighted by Crippen LogP contribution is -1.93. The molecular weight excluding hydrogens is 380 g/mol. The Morgan fingerprint density at radius 1 is 1.05 bits per heavy atom. The van der Waals surface area contributed by atoms with Crippen molar-refractivity contribution < 1.29 is 4.74 Å². The largest absolute Gasteiger partial charge is 0.497 e. The molecule has 0 aliphatic heterocycles. The van der Waals surface area contributed by atoms with Gasteiger partial charge in [-0.3, -0.25) is 0 Å². The number of unbranched alkanes of at least 4 members (excludes halogenated alkanes) is 6. The van der Waals surface area contributed by atoms with E-state index in [0.29, 0.717) is 4.83 Å². The Balaban J connectivity index is 2.27. The molecule has 0 saturated carbocycles. The van der Waals surface area contributed by atoms with Crippen LogP contribution in [0.4, 0.5) is 0 Å². The summed E-state index contributed by atoms with van der Waals surface area (Å²) in [4.78, 5) is 0.429. The molecule has 20 heavy (non-hydrogen) atoms. The molecule has 1 nitrogen and oxygen atoms in total. The van der Waals surface area contributed by atoms with Gasteiger partial charge in [0.2, 0.25) is 0 Å². The van der Waals surface area contributed by atoms with Gasteiger partial charge in [0.15, 0.2) is 0 Å². The number of ether oxygens (including phenoxy) is 1. The molecule has 0 aliphatic carbocycles. The fraction of sp³-hybridized carbons (Fsp3) is 0.647. The lowest BCUT2D eigenvalue weighted by atomic mass is 10.0. The van der Waals surface area contributed by atoms with Crippen molar-refractivity contribution in [2.75, 3.05) is 7.11 Å². The Morgan fingerprint density at radius 2 is 1.70 bits per heavy atom. The average Bonchev–Trinajstić information content (AvgIpc) is 2.45. The second kappa shape index (κ2) is 10.7. The summed E-state index contributed by atoms with van der Waals surface area (Å²) in [6, 6.07) is 6.21. The minimum atomic E-state index is 0.429. The van der Waals surface area contributed by atoms with E-state index in [0.717, 1.165) is 10.2 Å². The molecule has 0 amide bonds. The van der Waals surface area contributed by atoms with Gasteiger partial charge < -0.3 is 4.74 Å². The molecule has 1 aromatic rings. The lowest BCUT2D eigenvalue weighted by Gasteiger charge is -2.13. The maximum atomic E-state index is 5.23. The van der Waals surface area contributed by atoms with E-state index in [-0.39, 0.29) is 0 Å². The van der Waals surface area contributed by atoms with Crippen molar-refractivity contribution in [1.29, 1.82) is 0 Å². The van der Waals surface area contributed by atoms with E-state index in [1.807, 2.05) is 12.1 Å². The summed E-state index contributed by atoms with van der Waals surface area (Å²) in [5, 5.41) is 0. The SMILES string of the molecule is CCCCCCCCCC(Br)c1ccc(OC)cc1Br. The predicted octanol–water partition coefficient (Wildman–Crippen LogP) is 7.03. The van der Waals surface area contributed by atoms with Gasteiger partial charge in [0.25, 0.3) is 0 Å². The number of benzene rings is 1. The minimum absolute atomic E-state index is 0.429. The van der Waals surface area contributed by atoms with E-state index < -0.39 is 0 Å². The zero-order valence-electron chi connectivity index (χ0n) is 12.6. The quantitative estimate of drug-likeness (QED) is 0.299. The normalized spacial score (nSPS) is 12.4. The maximum Gasteiger partial charge on any atom is 0.120 e. The van der Waals surface area contributed by atoms with Crippen molar-refractivity contribution in [3.05, 3.63) is 28.2 Å². The van der Waals surface area contributed by atoms with Crippen LogP contribution in [0.1, 0.15) is 68.7 Å². The van der Waals surface area contributed by atoms with Crippen LogP contribution >= 0.6 is 31.9 Å². The zero-order valence-corrected chi connectivity index (χ0v) is 15.8. The number of hydrogen-bond donors (Lipinski definition) is 0. The van der Waals surface area contributed by atoms with E-state index in [2.05, 4.69) is 44.8 Å². The van der Waals surface area contributed by atoms with Gasteiger partial charge >= 0.3 is 0 Å². The molecule has 1 rings (SSSR count). The molecule has 1 aromatic carbocycles. The maximum absolute atomic E-state index is 5.23. The lowest BCUT2D eigenvalue weighted by molar-refractivity contribution is 0.414. The van der Waals surface area contributed by atoms with Crippen LogP contribution in [0.3, 0.4) is 0 Å². The van der Waals surface area contributed by atoms with Crippen LogP contribution in [-0.2, 0) is 0 Å². The third kappa shape index (κ3) is 6.62. The predicted molar refractivity (Wildman–Crippen MR) is 95.0 cm³/mol. The Morgan fingerprint density at radius 3 is 2.30 bits per heavy atom. The van der Waals surface area contributed by atoms with Crippen LogP contribution in [0, 0.1) is 0 Å². The Bertz CT molecular complexity index is 379. The van der Waals surface area contributed by atoms with Gasteiger partial charge in [-0.1, -0.05) is 89.8 Å². The molecule has 0 N–H and O–H groups in total. The molecule has 114 valence electrons. The van der Waals surface area contributed by atoms with Crippen molar-refractivity contribution in [2.45, 2.75) is 63.1 Å². The second-order valence-electron chi connectivity index (χ2n) is 5.26. The molecule has 0 bridgehead atoms. The first kappa shape index (κ1) is 18.0. The highest BCUT2D eigenvalue weighted by atomic mass is 79.9. The van der Waals surface area contributed by atoms with E-state index in [1.54, 1.807) is 7.11 Å². The Labute approximate surface area is 140 Å². The van der Waals surface area contributed by atoms with Crippen LogP contribution in [0.5, 0.6) is 5.75 Å². The molecule has 0 aliphatic rings. The van der Waals surface area contributed by atoms with Crippen molar-refractivity contribution in [3.8, 4) is 5.75 Å². The van der Waals surface area contributed by atoms with Crippen LogP contribution in [0.25, 0.3) is 0 Å². The van der Waals surface area contributed by atoms with Crippen LogP contribution < -0.4 is 4.74 Å². The molecule has 0 saturated heterocycles. The molecule has 0 radical (unpaired) electrons. The summed E-state index contributed by atoms with van der Waals surface area (Å²) < 4.78 is 6.36. The first-order valence-corrected chi connectivity index (χ1v) is 9.37. The van der Waals surface area contributed by atoms with Gasteiger partial charge in [0.1, 0.15) is 5.75 Å². The van der Waals surface area contributed by atoms with Gasteiger partial charge in [-0.2, -0.15) is 0 Å². The van der Waals surface area contributed by atoms with Crippen molar-refractivity contribution >= 4 is 31.9 Å². The minimum Gasteiger partial charge on any atom is -0.497 e. The standard InChI is InChI=1S/C17H26Br2O/c1-3-4-5-6-7-8-9-10-16(18)15-12-11-14(20-2)13-17(15)19/h11-13,16H,3-10H2,1-2H3. The van der Waals surface area contributed by atoms with E-state index >= 15 is 0 Å². The molecular formula is C17H26Br2O. The molecule has 1 unspecified atom stereocenters. The summed E-state index contributed by atoms with van der Waals surface area (Å²) in [6.07, 6.45) is 10.7. The highest BCUT2D eigenvalue weighted by molar-refractivity contribution is 9.11. The summed E-state index contributed by atoms with van der Waals surface area (Å²) in [7, 11) is 1.70. The van der Waals surface area contributed by atoms with Gasteiger partial charge in [-0.15, -0.1) is 0 Å². The van der Waals surface area contributed by atoms with Crippen LogP contribution in [0.2, 0.25) is 0 Å². The topological polar surface area (TPSA) is 9.23 Å². The molecule has 0 spiro atoms. The third-order valence-electron chi connectivity index (χ3n) is 3.61. The number of methoxy groups -OCH3 is 1. The van der Waals surface area contributed by atoms with Gasteiger partial charge in [-0.05, 0) is 24.1 Å². The van der Waals surface area contributed by atoms with Crippen LogP contribution in [0.15, 0.2) is 22.7 Å². The average molecular weight is 406 g/mol. The summed E-state index contributed by atoms with van der Waals surface area (Å²) in [5.41, 5.74) is 1.32. The summed E-state index contributed by atoms with van der Waals surface area (Å²) >= 11 is 7.44. The van der Waals surface area contributed by atoms with E-state index in [9.17, 15) is 0 Å². The summed E-state index contributed by atoms with van der Waals surface area (Å²) in [5.74, 6) is 0.899. The molecule has 1 atom stereocenters. The first-order chi connectivity index (χ1) is 9.69. The van der Waals surface area contributed by atoms with E-state index in [1.165, 1.54) is 56.9 Å². The number of halogens is 2. The molecule has 0 aromatic heterocycles. The number of alkyl halides is 1. The molecule has 0 fully saturated rings. The summed E-state index contributed by atoms with van der Waals surface area (Å²) in [6.45, 7) is 2.27. The van der Waals surface area contributed by atoms with Gasteiger partial charge in [-0.25, -0.2) is 0 Å². The second-order valence-corrected chi connectivity index (χ2v) is 7.22. The van der Waals surface area contributed by atoms with Crippen molar-refractivity contribution in [2.24, 2.45) is 0 Å². The van der Waals surface area contributed by atoms with E-state index in [4.69, 9.17) is 4.74 Å². The smallest absolute Gasteiger partial charge is 0.120 e. The highest BCUT2D eigenvalue weighted by Gasteiger charge is 2.11. The van der Waals surface area contributed by atoms with Crippen LogP contribution in [-0.4, -0.2) is 7.11 Å². The monoisotopic (exact) mass is 404 g/mol. The van der Waals surface area contributed by atoms with Gasteiger partial charge in [0.05, 0.1) is 7.11 Å². The third-order valence-corrected chi connectivity index (χ3v) is 5.24. The zero-order chi connectivity index (χ0) is 14.8. The van der Waals surface area contributed by atoms with Crippen molar-refractivity contribution in [3.63, 3.8) is 0 Å². The molecule has 0 heterocycles. The number of hydrogen-bond acceptors (Lipinski definition) is 1. The highest BCUT2D eigenvalue weighted by Crippen LogP contribution is 2.35. The van der Waals surface area contributed by atoms with Gasteiger partial charge in [0, 0.05) is 9.30 Å². The van der Waals surface area contributed by atoms with Crippen molar-refractivity contribution in [1.82, 2.24) is 0 Å². The Hall–Kier alpha value is -0.0200. The fourth-order valence-electron chi connectivity index (χ4n) is 2.33. The molecule has 3 heteroatoms. The first-order valence-electron chi connectivity index (χ1n) is 7.66. The Kier molecular flexibility index (Phi) is 9.62.